The Bertz CT molecular complexity index is 793. The largest absolute Gasteiger partial charge is 0.481 e. The summed E-state index contributed by atoms with van der Waals surface area (Å²) in [6, 6.07) is 5.42. The molecule has 0 bridgehead atoms. The first kappa shape index (κ1) is 18.4. The minimum Gasteiger partial charge on any atom is -0.481 e. The van der Waals surface area contributed by atoms with E-state index < -0.39 is 46.8 Å². The molecule has 8 heteroatoms. The highest BCUT2D eigenvalue weighted by atomic mass is 19.2. The van der Waals surface area contributed by atoms with Crippen molar-refractivity contribution in [2.75, 3.05) is 0 Å². The Labute approximate surface area is 140 Å². The fourth-order valence-corrected chi connectivity index (χ4v) is 2.22. The molecule has 0 fully saturated rings. The fourth-order valence-electron chi connectivity index (χ4n) is 2.22. The third-order valence-electron chi connectivity index (χ3n) is 3.50. The standard InChI is InChI=1S/C17H13F4NO3/c18-10-3-1-9(2-4-10)13(7-8-14(23)24)22-17(25)11-5-6-12(19)16(21)15(11)20/h1-6,13H,7-8H2,(H,22,25)(H,23,24). The lowest BCUT2D eigenvalue weighted by Crippen LogP contribution is -2.30. The molecule has 0 aromatic heterocycles. The van der Waals surface area contributed by atoms with Crippen LogP contribution >= 0.6 is 0 Å². The predicted octanol–water partition coefficient (Wildman–Crippen LogP) is 3.58. The van der Waals surface area contributed by atoms with E-state index in [-0.39, 0.29) is 12.8 Å². The number of carboxylic acid groups (broad SMARTS) is 1. The first-order chi connectivity index (χ1) is 11.8. The first-order valence-electron chi connectivity index (χ1n) is 7.21. The number of aliphatic carboxylic acids is 1. The summed E-state index contributed by atoms with van der Waals surface area (Å²) in [5.74, 6) is -7.56. The average molecular weight is 355 g/mol. The van der Waals surface area contributed by atoms with Crippen molar-refractivity contribution >= 4 is 11.9 Å². The van der Waals surface area contributed by atoms with E-state index in [0.29, 0.717) is 11.6 Å². The Kier molecular flexibility index (Phi) is 5.74. The van der Waals surface area contributed by atoms with Gasteiger partial charge in [-0.05, 0) is 36.2 Å². The summed E-state index contributed by atoms with van der Waals surface area (Å²) < 4.78 is 52.9. The predicted molar refractivity (Wildman–Crippen MR) is 79.8 cm³/mol. The van der Waals surface area contributed by atoms with Gasteiger partial charge in [-0.2, -0.15) is 0 Å². The van der Waals surface area contributed by atoms with Gasteiger partial charge in [0.15, 0.2) is 17.5 Å². The van der Waals surface area contributed by atoms with Crippen molar-refractivity contribution in [1.82, 2.24) is 5.32 Å². The molecule has 0 saturated heterocycles. The molecule has 1 amide bonds. The Hall–Kier alpha value is -2.90. The lowest BCUT2D eigenvalue weighted by molar-refractivity contribution is -0.137. The van der Waals surface area contributed by atoms with Gasteiger partial charge in [0, 0.05) is 6.42 Å². The van der Waals surface area contributed by atoms with Crippen LogP contribution in [0.1, 0.15) is 34.8 Å². The van der Waals surface area contributed by atoms with Gasteiger partial charge in [-0.1, -0.05) is 12.1 Å². The number of hydrogen-bond donors (Lipinski definition) is 2. The van der Waals surface area contributed by atoms with E-state index in [9.17, 15) is 27.2 Å². The van der Waals surface area contributed by atoms with Crippen molar-refractivity contribution in [1.29, 1.82) is 0 Å². The molecule has 1 unspecified atom stereocenters. The number of nitrogens with one attached hydrogen (secondary N) is 1. The molecule has 0 radical (unpaired) electrons. The quantitative estimate of drug-likeness (QED) is 0.615. The van der Waals surface area contributed by atoms with Crippen LogP contribution in [0.2, 0.25) is 0 Å². The summed E-state index contributed by atoms with van der Waals surface area (Å²) in [5, 5.41) is 11.1. The van der Waals surface area contributed by atoms with Crippen molar-refractivity contribution < 1.29 is 32.3 Å². The van der Waals surface area contributed by atoms with Crippen molar-refractivity contribution in [2.45, 2.75) is 18.9 Å². The summed E-state index contributed by atoms with van der Waals surface area (Å²) in [6.45, 7) is 0. The van der Waals surface area contributed by atoms with Gasteiger partial charge in [-0.25, -0.2) is 17.6 Å². The van der Waals surface area contributed by atoms with Gasteiger partial charge in [0.2, 0.25) is 0 Å². The van der Waals surface area contributed by atoms with Gasteiger partial charge in [-0.15, -0.1) is 0 Å². The van der Waals surface area contributed by atoms with E-state index in [1.54, 1.807) is 0 Å². The Morgan fingerprint density at radius 1 is 0.960 bits per heavy atom. The van der Waals surface area contributed by atoms with Crippen LogP contribution < -0.4 is 5.32 Å². The number of carbonyl (C=O) groups is 2. The number of amides is 1. The van der Waals surface area contributed by atoms with Crippen LogP contribution in [0.3, 0.4) is 0 Å². The summed E-state index contributed by atoms with van der Waals surface area (Å²) in [5.41, 5.74) is -0.333. The summed E-state index contributed by atoms with van der Waals surface area (Å²) in [4.78, 5) is 22.9. The Morgan fingerprint density at radius 3 is 2.20 bits per heavy atom. The van der Waals surface area contributed by atoms with E-state index >= 15 is 0 Å². The number of carbonyl (C=O) groups excluding carboxylic acids is 1. The molecule has 0 heterocycles. The molecule has 0 aliphatic rings. The van der Waals surface area contributed by atoms with Crippen LogP contribution in [0, 0.1) is 23.3 Å². The zero-order valence-corrected chi connectivity index (χ0v) is 12.7. The van der Waals surface area contributed by atoms with Gasteiger partial charge < -0.3 is 10.4 Å². The normalized spacial score (nSPS) is 11.8. The van der Waals surface area contributed by atoms with E-state index in [1.807, 2.05) is 0 Å². The molecule has 25 heavy (non-hydrogen) atoms. The van der Waals surface area contributed by atoms with Crippen molar-refractivity contribution in [3.8, 4) is 0 Å². The van der Waals surface area contributed by atoms with E-state index in [1.165, 1.54) is 12.1 Å². The Morgan fingerprint density at radius 2 is 1.60 bits per heavy atom. The smallest absolute Gasteiger partial charge is 0.303 e. The van der Waals surface area contributed by atoms with Crippen LogP contribution in [0.15, 0.2) is 36.4 Å². The van der Waals surface area contributed by atoms with E-state index in [0.717, 1.165) is 18.2 Å². The Balaban J connectivity index is 2.26. The molecule has 0 spiro atoms. The van der Waals surface area contributed by atoms with Crippen molar-refractivity contribution in [3.63, 3.8) is 0 Å². The maximum absolute atomic E-state index is 13.7. The summed E-state index contributed by atoms with van der Waals surface area (Å²) in [7, 11) is 0. The van der Waals surface area contributed by atoms with E-state index in [2.05, 4.69) is 5.32 Å². The highest BCUT2D eigenvalue weighted by Crippen LogP contribution is 2.21. The molecule has 2 N–H and O–H groups in total. The molecule has 2 aromatic rings. The lowest BCUT2D eigenvalue weighted by Gasteiger charge is -2.19. The van der Waals surface area contributed by atoms with Gasteiger partial charge in [0.25, 0.3) is 5.91 Å². The van der Waals surface area contributed by atoms with E-state index in [4.69, 9.17) is 5.11 Å². The zero-order chi connectivity index (χ0) is 18.6. The monoisotopic (exact) mass is 355 g/mol. The molecule has 0 aliphatic carbocycles. The van der Waals surface area contributed by atoms with Gasteiger partial charge in [-0.3, -0.25) is 9.59 Å². The fraction of sp³-hybridized carbons (Fsp3) is 0.176. The van der Waals surface area contributed by atoms with Crippen LogP contribution in [-0.4, -0.2) is 17.0 Å². The summed E-state index contributed by atoms with van der Waals surface area (Å²) >= 11 is 0. The minimum absolute atomic E-state index is 0.0575. The van der Waals surface area contributed by atoms with Gasteiger partial charge >= 0.3 is 5.97 Å². The van der Waals surface area contributed by atoms with Gasteiger partial charge in [0.05, 0.1) is 11.6 Å². The van der Waals surface area contributed by atoms with Crippen LogP contribution in [0.4, 0.5) is 17.6 Å². The second-order valence-electron chi connectivity index (χ2n) is 5.23. The molecule has 0 aliphatic heterocycles. The third kappa shape index (κ3) is 4.56. The molecular weight excluding hydrogens is 342 g/mol. The summed E-state index contributed by atoms with van der Waals surface area (Å²) in [6.07, 6.45) is -0.374. The lowest BCUT2D eigenvalue weighted by atomic mass is 10.0. The SMILES string of the molecule is O=C(O)CCC(NC(=O)c1ccc(F)c(F)c1F)c1ccc(F)cc1. The van der Waals surface area contributed by atoms with Crippen molar-refractivity contribution in [2.24, 2.45) is 0 Å². The van der Waals surface area contributed by atoms with Crippen LogP contribution in [0.5, 0.6) is 0 Å². The molecule has 2 aromatic carbocycles. The highest BCUT2D eigenvalue weighted by molar-refractivity contribution is 5.94. The first-order valence-corrected chi connectivity index (χ1v) is 7.21. The number of benzene rings is 2. The minimum atomic E-state index is -1.78. The van der Waals surface area contributed by atoms with Crippen LogP contribution in [0.25, 0.3) is 0 Å². The van der Waals surface area contributed by atoms with Gasteiger partial charge in [0.1, 0.15) is 5.82 Å². The number of rotatable bonds is 6. The molecule has 4 nitrogen and oxygen atoms in total. The second kappa shape index (κ2) is 7.78. The molecule has 2 rings (SSSR count). The third-order valence-corrected chi connectivity index (χ3v) is 3.50. The topological polar surface area (TPSA) is 66.4 Å². The molecule has 0 saturated carbocycles. The zero-order valence-electron chi connectivity index (χ0n) is 12.7. The molecule has 132 valence electrons. The molecular formula is C17H13F4NO3. The number of halogens is 4. The highest BCUT2D eigenvalue weighted by Gasteiger charge is 2.22. The average Bonchev–Trinajstić information content (AvgIpc) is 2.57. The maximum Gasteiger partial charge on any atom is 0.303 e. The number of hydrogen-bond acceptors (Lipinski definition) is 2. The van der Waals surface area contributed by atoms with Crippen molar-refractivity contribution in [3.05, 3.63) is 70.8 Å². The maximum atomic E-state index is 13.7. The second-order valence-corrected chi connectivity index (χ2v) is 5.23. The molecule has 1 atom stereocenters. The number of carboxylic acids is 1. The van der Waals surface area contributed by atoms with Crippen LogP contribution in [-0.2, 0) is 4.79 Å².